The maximum absolute atomic E-state index is 13.1. The molecule has 0 radical (unpaired) electrons. The monoisotopic (exact) mass is 408 g/mol. The highest BCUT2D eigenvalue weighted by molar-refractivity contribution is 5.93. The van der Waals surface area contributed by atoms with Crippen LogP contribution < -0.4 is 21.1 Å². The minimum Gasteiger partial charge on any atom is -0.494 e. The number of halogens is 3. The van der Waals surface area contributed by atoms with Crippen LogP contribution in [0.5, 0.6) is 5.75 Å². The summed E-state index contributed by atoms with van der Waals surface area (Å²) in [6.45, 7) is -0.346. The first-order valence-electron chi connectivity index (χ1n) is 9.82. The van der Waals surface area contributed by atoms with Gasteiger partial charge in [0.25, 0.3) is 0 Å². The third kappa shape index (κ3) is 3.09. The van der Waals surface area contributed by atoms with E-state index in [1.165, 1.54) is 0 Å². The number of hydrogen-bond donors (Lipinski definition) is 3. The number of methoxy groups -OCH3 is 1. The summed E-state index contributed by atoms with van der Waals surface area (Å²) in [6, 6.07) is 5.41. The van der Waals surface area contributed by atoms with E-state index in [4.69, 9.17) is 10.1 Å². The molecule has 3 N–H and O–H groups in total. The summed E-state index contributed by atoms with van der Waals surface area (Å²) < 4.78 is 46.1. The lowest BCUT2D eigenvalue weighted by atomic mass is 9.71. The highest BCUT2D eigenvalue weighted by Gasteiger charge is 2.48. The summed E-state index contributed by atoms with van der Waals surface area (Å²) in [7, 11) is 1.56. The van der Waals surface area contributed by atoms with Gasteiger partial charge < -0.3 is 10.1 Å². The molecule has 7 nitrogen and oxygen atoms in total. The van der Waals surface area contributed by atoms with Crippen LogP contribution in [-0.4, -0.2) is 53.1 Å². The van der Waals surface area contributed by atoms with Crippen LogP contribution in [0.4, 0.5) is 19.0 Å². The number of benzene rings is 1. The number of para-hydroxylation sites is 1. The van der Waals surface area contributed by atoms with Crippen molar-refractivity contribution in [2.45, 2.75) is 37.6 Å². The van der Waals surface area contributed by atoms with Gasteiger partial charge in [-0.1, -0.05) is 6.07 Å². The van der Waals surface area contributed by atoms with Gasteiger partial charge in [0.1, 0.15) is 23.2 Å². The summed E-state index contributed by atoms with van der Waals surface area (Å²) in [5, 5.41) is 12.6. The first-order valence-corrected chi connectivity index (χ1v) is 9.82. The summed E-state index contributed by atoms with van der Waals surface area (Å²) in [5.41, 5.74) is 3.89. The molecule has 1 aliphatic carbocycles. The standard InChI is InChI=1S/C19H23F3N6O/c1-29-14-4-2-3-11-15(14)24-18(23)28-17(11)25-16(26-28)12-7-10-5-6-13(12)27(8-10)9-19(20,21)22/h2-4,10,12-13,16,23,25-26H,5-9H2,1H3. The molecule has 4 unspecified atom stereocenters. The van der Waals surface area contributed by atoms with Crippen molar-refractivity contribution in [3.63, 3.8) is 0 Å². The highest BCUT2D eigenvalue weighted by Crippen LogP contribution is 2.43. The molecule has 29 heavy (non-hydrogen) atoms. The predicted molar refractivity (Wildman–Crippen MR) is 101 cm³/mol. The van der Waals surface area contributed by atoms with Crippen molar-refractivity contribution in [2.24, 2.45) is 11.8 Å². The lowest BCUT2D eigenvalue weighted by molar-refractivity contribution is -0.166. The number of alkyl halides is 3. The molecule has 2 aromatic rings. The van der Waals surface area contributed by atoms with E-state index < -0.39 is 12.7 Å². The normalized spacial score (nSPS) is 28.8. The third-order valence-electron chi connectivity index (χ3n) is 6.43. The lowest BCUT2D eigenvalue weighted by Gasteiger charge is -2.51. The zero-order valence-corrected chi connectivity index (χ0v) is 16.0. The Bertz CT molecular complexity index is 1010. The number of piperidine rings is 2. The van der Waals surface area contributed by atoms with Gasteiger partial charge in [-0.05, 0) is 37.3 Å². The van der Waals surface area contributed by atoms with Crippen LogP contribution in [0.15, 0.2) is 18.2 Å². The Balaban J connectivity index is 1.47. The van der Waals surface area contributed by atoms with Crippen molar-refractivity contribution < 1.29 is 17.9 Å². The summed E-state index contributed by atoms with van der Waals surface area (Å²) >= 11 is 0. The molecule has 1 aromatic carbocycles. The fraction of sp³-hybridized carbons (Fsp3) is 0.579. The Labute approximate surface area is 165 Å². The Morgan fingerprint density at radius 2 is 2.14 bits per heavy atom. The van der Waals surface area contributed by atoms with Gasteiger partial charge in [-0.2, -0.15) is 13.2 Å². The van der Waals surface area contributed by atoms with Crippen molar-refractivity contribution in [1.29, 1.82) is 5.41 Å². The van der Waals surface area contributed by atoms with Gasteiger partial charge >= 0.3 is 6.18 Å². The number of ether oxygens (including phenoxy) is 1. The number of aromatic nitrogens is 2. The molecule has 3 aliphatic heterocycles. The van der Waals surface area contributed by atoms with Gasteiger partial charge in [-0.25, -0.2) is 9.66 Å². The van der Waals surface area contributed by atoms with E-state index in [1.54, 1.807) is 22.8 Å². The van der Waals surface area contributed by atoms with Crippen LogP contribution in [0.1, 0.15) is 19.3 Å². The second-order valence-electron chi connectivity index (χ2n) is 8.18. The van der Waals surface area contributed by atoms with Gasteiger partial charge in [-0.3, -0.25) is 15.7 Å². The molecule has 6 rings (SSSR count). The first-order chi connectivity index (χ1) is 13.8. The van der Waals surface area contributed by atoms with Crippen molar-refractivity contribution in [3.8, 4) is 5.75 Å². The molecule has 3 fully saturated rings. The number of rotatable bonds is 3. The largest absolute Gasteiger partial charge is 0.494 e. The van der Waals surface area contributed by atoms with Gasteiger partial charge in [0, 0.05) is 23.9 Å². The topological polar surface area (TPSA) is 78.2 Å². The van der Waals surface area contributed by atoms with Crippen LogP contribution in [0, 0.1) is 17.2 Å². The molecule has 4 atom stereocenters. The molecule has 10 heteroatoms. The van der Waals surface area contributed by atoms with Crippen molar-refractivity contribution in [2.75, 3.05) is 30.9 Å². The highest BCUT2D eigenvalue weighted by atomic mass is 19.4. The van der Waals surface area contributed by atoms with Crippen LogP contribution in [0.2, 0.25) is 0 Å². The molecular weight excluding hydrogens is 385 g/mol. The fourth-order valence-corrected chi connectivity index (χ4v) is 5.30. The number of anilines is 1. The van der Waals surface area contributed by atoms with Crippen LogP contribution >= 0.6 is 0 Å². The Morgan fingerprint density at radius 1 is 1.31 bits per heavy atom. The number of hydrogen-bond acceptors (Lipinski definition) is 6. The zero-order valence-electron chi connectivity index (χ0n) is 16.0. The Kier molecular flexibility index (Phi) is 4.16. The molecule has 1 saturated carbocycles. The molecule has 4 aliphatic rings. The maximum Gasteiger partial charge on any atom is 0.401 e. The molecular formula is C19H23F3N6O. The lowest BCUT2D eigenvalue weighted by Crippen LogP contribution is -2.59. The van der Waals surface area contributed by atoms with E-state index in [2.05, 4.69) is 15.7 Å². The molecule has 0 spiro atoms. The molecule has 2 saturated heterocycles. The molecule has 4 heterocycles. The third-order valence-corrected chi connectivity index (χ3v) is 6.43. The quantitative estimate of drug-likeness (QED) is 0.727. The van der Waals surface area contributed by atoms with Gasteiger partial charge in [0.05, 0.1) is 13.7 Å². The predicted octanol–water partition coefficient (Wildman–Crippen LogP) is 2.48. The van der Waals surface area contributed by atoms with E-state index in [-0.39, 0.29) is 29.7 Å². The first kappa shape index (κ1) is 18.5. The van der Waals surface area contributed by atoms with Crippen molar-refractivity contribution >= 4 is 16.7 Å². The minimum atomic E-state index is -4.19. The number of nitrogens with zero attached hydrogens (tertiary/aromatic N) is 3. The van der Waals surface area contributed by atoms with E-state index in [0.29, 0.717) is 23.6 Å². The number of fused-ring (bicyclic) bond motifs is 6. The van der Waals surface area contributed by atoms with Gasteiger partial charge in [-0.15, -0.1) is 0 Å². The van der Waals surface area contributed by atoms with E-state index >= 15 is 0 Å². The molecule has 1 aromatic heterocycles. The zero-order chi connectivity index (χ0) is 20.3. The molecule has 156 valence electrons. The van der Waals surface area contributed by atoms with E-state index in [0.717, 1.165) is 24.6 Å². The fourth-order valence-electron chi connectivity index (χ4n) is 5.30. The maximum atomic E-state index is 13.1. The number of nitrogens with one attached hydrogen (secondary N) is 3. The van der Waals surface area contributed by atoms with Crippen molar-refractivity contribution in [3.05, 3.63) is 23.8 Å². The van der Waals surface area contributed by atoms with Gasteiger partial charge in [0.15, 0.2) is 0 Å². The van der Waals surface area contributed by atoms with Crippen LogP contribution in [-0.2, 0) is 0 Å². The average Bonchev–Trinajstić information content (AvgIpc) is 3.13. The van der Waals surface area contributed by atoms with E-state index in [1.807, 2.05) is 12.1 Å². The van der Waals surface area contributed by atoms with Gasteiger partial charge in [0.2, 0.25) is 5.62 Å². The summed E-state index contributed by atoms with van der Waals surface area (Å²) in [6.07, 6.45) is -1.82. The van der Waals surface area contributed by atoms with E-state index in [9.17, 15) is 13.2 Å². The smallest absolute Gasteiger partial charge is 0.401 e. The van der Waals surface area contributed by atoms with Crippen LogP contribution in [0.3, 0.4) is 0 Å². The molecule has 0 amide bonds. The van der Waals surface area contributed by atoms with Crippen molar-refractivity contribution in [1.82, 2.24) is 14.6 Å². The van der Waals surface area contributed by atoms with Crippen LogP contribution in [0.25, 0.3) is 10.9 Å². The summed E-state index contributed by atoms with van der Waals surface area (Å²) in [4.78, 5) is 5.95. The SMILES string of the molecule is COc1cccc2c3n(c(=N)nc12)NC(C1CC2CCC1N(CC(F)(F)F)C2)N3. The Morgan fingerprint density at radius 3 is 2.86 bits per heavy atom. The Hall–Kier alpha value is -2.49. The average molecular weight is 408 g/mol. The second-order valence-corrected chi connectivity index (χ2v) is 8.18. The minimum absolute atomic E-state index is 0.0183. The second kappa shape index (κ2) is 6.51. The summed E-state index contributed by atoms with van der Waals surface area (Å²) in [5.74, 6) is 1.57. The molecule has 2 bridgehead atoms.